The van der Waals surface area contributed by atoms with Crippen molar-refractivity contribution in [2.45, 2.75) is 44.9 Å². The summed E-state index contributed by atoms with van der Waals surface area (Å²) in [5.41, 5.74) is 2.73. The highest BCUT2D eigenvalue weighted by molar-refractivity contribution is 7.85. The van der Waals surface area contributed by atoms with Crippen molar-refractivity contribution < 1.29 is 23.3 Å². The molecule has 28 heavy (non-hydrogen) atoms. The van der Waals surface area contributed by atoms with Gasteiger partial charge in [0.2, 0.25) is 0 Å². The number of hydrogen-bond acceptors (Lipinski definition) is 5. The van der Waals surface area contributed by atoms with Crippen molar-refractivity contribution in [3.8, 4) is 0 Å². The Hall–Kier alpha value is -2.21. The van der Waals surface area contributed by atoms with Gasteiger partial charge < -0.3 is 9.47 Å². The zero-order valence-corrected chi connectivity index (χ0v) is 18.0. The average molecular weight is 405 g/mol. The predicted molar refractivity (Wildman–Crippen MR) is 109 cm³/mol. The molecule has 0 bridgehead atoms. The number of rotatable bonds is 6. The van der Waals surface area contributed by atoms with E-state index in [4.69, 9.17) is 9.47 Å². The predicted octanol–water partition coefficient (Wildman–Crippen LogP) is 3.88. The van der Waals surface area contributed by atoms with Crippen LogP contribution >= 0.6 is 0 Å². The number of carbonyl (C=O) groups is 2. The lowest BCUT2D eigenvalue weighted by Crippen LogP contribution is -2.38. The SMILES string of the molecule is COC(=O)C1(C(=O)OC)CC(=C(C)C)/C(=C/CCS(=O)c2ccc(C)cc2)C1. The fourth-order valence-corrected chi connectivity index (χ4v) is 4.52. The summed E-state index contributed by atoms with van der Waals surface area (Å²) in [5.74, 6) is -0.680. The third-order valence-corrected chi connectivity index (χ3v) is 6.50. The van der Waals surface area contributed by atoms with Crippen LogP contribution in [-0.4, -0.2) is 36.1 Å². The molecule has 1 fully saturated rings. The van der Waals surface area contributed by atoms with E-state index in [9.17, 15) is 13.8 Å². The van der Waals surface area contributed by atoms with Crippen LogP contribution in [0.15, 0.2) is 52.0 Å². The van der Waals surface area contributed by atoms with E-state index in [0.717, 1.165) is 27.2 Å². The second-order valence-corrected chi connectivity index (χ2v) is 8.85. The molecule has 0 amide bonds. The van der Waals surface area contributed by atoms with Crippen LogP contribution in [0.2, 0.25) is 0 Å². The van der Waals surface area contributed by atoms with Gasteiger partial charge >= 0.3 is 11.9 Å². The molecule has 0 N–H and O–H groups in total. The van der Waals surface area contributed by atoms with Gasteiger partial charge in [-0.1, -0.05) is 29.3 Å². The Morgan fingerprint density at radius 2 is 1.64 bits per heavy atom. The zero-order valence-electron chi connectivity index (χ0n) is 17.2. The van der Waals surface area contributed by atoms with Gasteiger partial charge in [0.15, 0.2) is 5.41 Å². The maximum atomic E-state index is 12.5. The lowest BCUT2D eigenvalue weighted by molar-refractivity contribution is -0.168. The van der Waals surface area contributed by atoms with Crippen molar-refractivity contribution in [2.75, 3.05) is 20.0 Å². The molecule has 0 radical (unpaired) electrons. The van der Waals surface area contributed by atoms with Crippen LogP contribution in [0.25, 0.3) is 0 Å². The Balaban J connectivity index is 2.21. The van der Waals surface area contributed by atoms with Gasteiger partial charge in [0.25, 0.3) is 0 Å². The molecular formula is C22H28O5S. The van der Waals surface area contributed by atoms with Crippen LogP contribution in [0.3, 0.4) is 0 Å². The number of allylic oxidation sites excluding steroid dienone is 4. The van der Waals surface area contributed by atoms with Crippen molar-refractivity contribution in [1.82, 2.24) is 0 Å². The van der Waals surface area contributed by atoms with E-state index in [-0.39, 0.29) is 12.8 Å². The fraction of sp³-hybridized carbons (Fsp3) is 0.455. The highest BCUT2D eigenvalue weighted by atomic mass is 32.2. The number of esters is 2. The molecule has 1 aromatic rings. The molecule has 1 aromatic carbocycles. The number of hydrogen-bond donors (Lipinski definition) is 0. The maximum absolute atomic E-state index is 12.5. The van der Waals surface area contributed by atoms with E-state index in [1.165, 1.54) is 14.2 Å². The largest absolute Gasteiger partial charge is 0.468 e. The van der Waals surface area contributed by atoms with Gasteiger partial charge in [-0.2, -0.15) is 0 Å². The van der Waals surface area contributed by atoms with E-state index >= 15 is 0 Å². The summed E-state index contributed by atoms with van der Waals surface area (Å²) in [6.45, 7) is 5.91. The van der Waals surface area contributed by atoms with Gasteiger partial charge in [-0.15, -0.1) is 0 Å². The Morgan fingerprint density at radius 1 is 1.07 bits per heavy atom. The van der Waals surface area contributed by atoms with Crippen molar-refractivity contribution in [2.24, 2.45) is 5.41 Å². The molecule has 6 heteroatoms. The summed E-state index contributed by atoms with van der Waals surface area (Å²) in [6.07, 6.45) is 3.08. The summed E-state index contributed by atoms with van der Waals surface area (Å²) in [5, 5.41) is 0. The molecule has 1 aliphatic carbocycles. The Morgan fingerprint density at radius 3 is 2.14 bits per heavy atom. The molecule has 1 unspecified atom stereocenters. The Labute approximate surface area is 169 Å². The first-order chi connectivity index (χ1) is 13.2. The first kappa shape index (κ1) is 22.1. The number of methoxy groups -OCH3 is 2. The molecule has 0 spiro atoms. The molecule has 0 aromatic heterocycles. The summed E-state index contributed by atoms with van der Waals surface area (Å²) in [6, 6.07) is 7.67. The molecule has 152 valence electrons. The van der Waals surface area contributed by atoms with Crippen LogP contribution < -0.4 is 0 Å². The molecule has 2 rings (SSSR count). The molecule has 0 aliphatic heterocycles. The average Bonchev–Trinajstić information content (AvgIpc) is 3.08. The van der Waals surface area contributed by atoms with Gasteiger partial charge in [0.1, 0.15) is 0 Å². The number of aryl methyl sites for hydroxylation is 1. The molecule has 1 aliphatic rings. The van der Waals surface area contributed by atoms with Crippen LogP contribution in [0, 0.1) is 12.3 Å². The molecule has 1 atom stereocenters. The van der Waals surface area contributed by atoms with Crippen LogP contribution in [0.5, 0.6) is 0 Å². The number of benzene rings is 1. The third-order valence-electron chi connectivity index (χ3n) is 5.09. The molecule has 0 heterocycles. The van der Waals surface area contributed by atoms with Crippen LogP contribution in [0.1, 0.15) is 38.7 Å². The lowest BCUT2D eigenvalue weighted by Gasteiger charge is -2.22. The van der Waals surface area contributed by atoms with Gasteiger partial charge in [0.05, 0.1) is 25.0 Å². The second-order valence-electron chi connectivity index (χ2n) is 7.28. The van der Waals surface area contributed by atoms with E-state index in [0.29, 0.717) is 12.2 Å². The first-order valence-electron chi connectivity index (χ1n) is 9.22. The van der Waals surface area contributed by atoms with E-state index in [2.05, 4.69) is 0 Å². The van der Waals surface area contributed by atoms with E-state index in [1.807, 2.05) is 51.1 Å². The van der Waals surface area contributed by atoms with Gasteiger partial charge in [-0.25, -0.2) is 0 Å². The second kappa shape index (κ2) is 9.32. The number of ether oxygens (including phenoxy) is 2. The summed E-state index contributed by atoms with van der Waals surface area (Å²) in [4.78, 5) is 25.6. The summed E-state index contributed by atoms with van der Waals surface area (Å²) >= 11 is 0. The van der Waals surface area contributed by atoms with Crippen molar-refractivity contribution in [1.29, 1.82) is 0 Å². The Bertz CT molecular complexity index is 813. The minimum absolute atomic E-state index is 0.240. The van der Waals surface area contributed by atoms with Crippen molar-refractivity contribution in [3.63, 3.8) is 0 Å². The third kappa shape index (κ3) is 4.61. The van der Waals surface area contributed by atoms with Crippen molar-refractivity contribution >= 4 is 22.7 Å². The lowest BCUT2D eigenvalue weighted by atomic mass is 9.85. The van der Waals surface area contributed by atoms with E-state index in [1.54, 1.807) is 0 Å². The highest BCUT2D eigenvalue weighted by Crippen LogP contribution is 2.48. The van der Waals surface area contributed by atoms with Gasteiger partial charge in [-0.3, -0.25) is 13.8 Å². The van der Waals surface area contributed by atoms with Gasteiger partial charge in [-0.05, 0) is 63.3 Å². The summed E-state index contributed by atoms with van der Waals surface area (Å²) in [7, 11) is 1.46. The molecule has 1 saturated carbocycles. The first-order valence-corrected chi connectivity index (χ1v) is 10.5. The monoisotopic (exact) mass is 404 g/mol. The highest BCUT2D eigenvalue weighted by Gasteiger charge is 2.53. The topological polar surface area (TPSA) is 69.7 Å². The van der Waals surface area contributed by atoms with Crippen LogP contribution in [0.4, 0.5) is 0 Å². The summed E-state index contributed by atoms with van der Waals surface area (Å²) < 4.78 is 22.3. The quantitative estimate of drug-likeness (QED) is 0.532. The standard InChI is InChI=1S/C22H28O5S/c1-15(2)19-14-22(20(23)26-4,21(24)27-5)13-17(19)7-6-12-28(25)18-10-8-16(3)9-11-18/h7-11H,6,12-14H2,1-5H3/b17-7+. The van der Waals surface area contributed by atoms with Crippen LogP contribution in [-0.2, 0) is 29.9 Å². The maximum Gasteiger partial charge on any atom is 0.323 e. The number of carbonyl (C=O) groups excluding carboxylic acids is 2. The molecular weight excluding hydrogens is 376 g/mol. The normalized spacial score (nSPS) is 18.0. The van der Waals surface area contributed by atoms with Crippen molar-refractivity contribution in [3.05, 3.63) is 52.6 Å². The smallest absolute Gasteiger partial charge is 0.323 e. The van der Waals surface area contributed by atoms with Gasteiger partial charge in [0, 0.05) is 10.6 Å². The molecule has 0 saturated heterocycles. The molecule has 5 nitrogen and oxygen atoms in total. The zero-order chi connectivity index (χ0) is 20.9. The Kier molecular flexibility index (Phi) is 7.35. The fourth-order valence-electron chi connectivity index (χ4n) is 3.51. The minimum Gasteiger partial charge on any atom is -0.468 e. The van der Waals surface area contributed by atoms with E-state index < -0.39 is 28.2 Å². The minimum atomic E-state index is -1.34.